The number of nitrogens with zero attached hydrogens (tertiary/aromatic N) is 1. The molecule has 3 rings (SSSR count). The highest BCUT2D eigenvalue weighted by molar-refractivity contribution is 8.00. The van der Waals surface area contributed by atoms with Gasteiger partial charge in [0.15, 0.2) is 0 Å². The van der Waals surface area contributed by atoms with Crippen LogP contribution >= 0.6 is 11.8 Å². The van der Waals surface area contributed by atoms with Gasteiger partial charge in [0.2, 0.25) is 5.91 Å². The monoisotopic (exact) mass is 254 g/mol. The van der Waals surface area contributed by atoms with E-state index in [9.17, 15) is 4.79 Å². The second kappa shape index (κ2) is 4.16. The lowest BCUT2D eigenvalue weighted by atomic mass is 9.87. The van der Waals surface area contributed by atoms with Crippen LogP contribution in [0.1, 0.15) is 44.9 Å². The van der Waals surface area contributed by atoms with Crippen molar-refractivity contribution in [1.82, 2.24) is 4.90 Å². The molecule has 17 heavy (non-hydrogen) atoms. The van der Waals surface area contributed by atoms with E-state index >= 15 is 0 Å². The molecule has 0 bridgehead atoms. The molecule has 1 aliphatic heterocycles. The SMILES string of the molecule is NC1(C(=O)N2CCSC3(CCCCC3)C2)CC1. The van der Waals surface area contributed by atoms with Gasteiger partial charge in [0.25, 0.3) is 0 Å². The Labute approximate surface area is 107 Å². The van der Waals surface area contributed by atoms with Crippen molar-refractivity contribution in [2.24, 2.45) is 5.73 Å². The molecule has 0 aromatic carbocycles. The van der Waals surface area contributed by atoms with Crippen LogP contribution in [0.5, 0.6) is 0 Å². The molecule has 1 spiro atoms. The number of thioether (sulfide) groups is 1. The van der Waals surface area contributed by atoms with E-state index in [0.29, 0.717) is 4.75 Å². The molecular weight excluding hydrogens is 232 g/mol. The lowest BCUT2D eigenvalue weighted by molar-refractivity contribution is -0.134. The van der Waals surface area contributed by atoms with Crippen molar-refractivity contribution < 1.29 is 4.79 Å². The van der Waals surface area contributed by atoms with Gasteiger partial charge in [0.05, 0.1) is 5.54 Å². The van der Waals surface area contributed by atoms with E-state index in [-0.39, 0.29) is 5.91 Å². The van der Waals surface area contributed by atoms with Crippen LogP contribution in [0.2, 0.25) is 0 Å². The first-order valence-electron chi connectivity index (χ1n) is 6.86. The zero-order valence-electron chi connectivity index (χ0n) is 10.4. The molecule has 3 aliphatic rings. The molecule has 3 nitrogen and oxygen atoms in total. The first-order chi connectivity index (χ1) is 8.14. The Hall–Kier alpha value is -0.220. The summed E-state index contributed by atoms with van der Waals surface area (Å²) in [6, 6.07) is 0. The molecule has 2 aliphatic carbocycles. The van der Waals surface area contributed by atoms with Crippen LogP contribution in [-0.2, 0) is 4.79 Å². The van der Waals surface area contributed by atoms with Crippen molar-refractivity contribution in [3.63, 3.8) is 0 Å². The Balaban J connectivity index is 1.68. The third-order valence-electron chi connectivity index (χ3n) is 4.52. The molecule has 0 aromatic rings. The third kappa shape index (κ3) is 2.22. The number of hydrogen-bond acceptors (Lipinski definition) is 3. The normalized spacial score (nSPS) is 30.3. The van der Waals surface area contributed by atoms with Gasteiger partial charge in [-0.15, -0.1) is 0 Å². The summed E-state index contributed by atoms with van der Waals surface area (Å²) in [6.45, 7) is 1.86. The molecule has 4 heteroatoms. The van der Waals surface area contributed by atoms with Crippen LogP contribution in [0.15, 0.2) is 0 Å². The van der Waals surface area contributed by atoms with Crippen LogP contribution in [-0.4, -0.2) is 39.9 Å². The minimum absolute atomic E-state index is 0.225. The average Bonchev–Trinajstić information content (AvgIpc) is 3.09. The Morgan fingerprint density at radius 2 is 1.82 bits per heavy atom. The van der Waals surface area contributed by atoms with Crippen molar-refractivity contribution in [3.8, 4) is 0 Å². The average molecular weight is 254 g/mol. The van der Waals surface area contributed by atoms with Crippen molar-refractivity contribution >= 4 is 17.7 Å². The maximum Gasteiger partial charge on any atom is 0.242 e. The quantitative estimate of drug-likeness (QED) is 0.775. The fraction of sp³-hybridized carbons (Fsp3) is 0.923. The smallest absolute Gasteiger partial charge is 0.242 e. The molecule has 0 unspecified atom stereocenters. The third-order valence-corrected chi connectivity index (χ3v) is 6.05. The Morgan fingerprint density at radius 3 is 2.47 bits per heavy atom. The van der Waals surface area contributed by atoms with Crippen molar-refractivity contribution in [1.29, 1.82) is 0 Å². The topological polar surface area (TPSA) is 46.3 Å². The number of carbonyl (C=O) groups is 1. The summed E-state index contributed by atoms with van der Waals surface area (Å²) in [5, 5.41) is 0. The van der Waals surface area contributed by atoms with Crippen molar-refractivity contribution in [3.05, 3.63) is 0 Å². The molecule has 0 radical (unpaired) electrons. The second-order valence-corrected chi connectivity index (χ2v) is 7.54. The van der Waals surface area contributed by atoms with Gasteiger partial charge in [0.1, 0.15) is 0 Å². The van der Waals surface area contributed by atoms with Gasteiger partial charge >= 0.3 is 0 Å². The zero-order chi connectivity index (χ0) is 11.9. The number of carbonyl (C=O) groups excluding carboxylic acids is 1. The van der Waals surface area contributed by atoms with Crippen molar-refractivity contribution in [2.75, 3.05) is 18.8 Å². The highest BCUT2D eigenvalue weighted by Gasteiger charge is 2.50. The van der Waals surface area contributed by atoms with Crippen LogP contribution in [0.3, 0.4) is 0 Å². The molecule has 2 saturated carbocycles. The lowest BCUT2D eigenvalue weighted by Crippen LogP contribution is -2.55. The Kier molecular flexibility index (Phi) is 2.90. The van der Waals surface area contributed by atoms with E-state index in [0.717, 1.165) is 31.7 Å². The fourth-order valence-corrected chi connectivity index (χ4v) is 4.75. The summed E-state index contributed by atoms with van der Waals surface area (Å²) >= 11 is 2.10. The lowest BCUT2D eigenvalue weighted by Gasteiger charge is -2.45. The maximum atomic E-state index is 12.3. The summed E-state index contributed by atoms with van der Waals surface area (Å²) in [5.41, 5.74) is 5.57. The molecule has 1 saturated heterocycles. The first kappa shape index (κ1) is 11.8. The number of nitrogens with two attached hydrogens (primary N) is 1. The zero-order valence-corrected chi connectivity index (χ0v) is 11.2. The molecule has 96 valence electrons. The standard InChI is InChI=1S/C13H22N2OS/c14-13(6-7-13)11(16)15-8-9-17-12(10-15)4-2-1-3-5-12/h1-10,14H2. The van der Waals surface area contributed by atoms with E-state index in [1.807, 2.05) is 0 Å². The Bertz CT molecular complexity index is 316. The van der Waals surface area contributed by atoms with Crippen LogP contribution < -0.4 is 5.73 Å². The second-order valence-electron chi connectivity index (χ2n) is 5.97. The largest absolute Gasteiger partial charge is 0.339 e. The number of rotatable bonds is 1. The van der Waals surface area contributed by atoms with Gasteiger partial charge in [-0.3, -0.25) is 4.79 Å². The van der Waals surface area contributed by atoms with E-state index in [1.165, 1.54) is 32.1 Å². The Morgan fingerprint density at radius 1 is 1.12 bits per heavy atom. The van der Waals surface area contributed by atoms with Gasteiger partial charge < -0.3 is 10.6 Å². The molecule has 2 N–H and O–H groups in total. The van der Waals surface area contributed by atoms with Gasteiger partial charge in [-0.05, 0) is 25.7 Å². The predicted molar refractivity (Wildman–Crippen MR) is 71.0 cm³/mol. The van der Waals surface area contributed by atoms with E-state index in [4.69, 9.17) is 5.73 Å². The number of hydrogen-bond donors (Lipinski definition) is 1. The molecule has 3 fully saturated rings. The molecule has 0 aromatic heterocycles. The molecule has 0 atom stereocenters. The van der Waals surface area contributed by atoms with Gasteiger partial charge in [-0.1, -0.05) is 19.3 Å². The highest BCUT2D eigenvalue weighted by Crippen LogP contribution is 2.44. The van der Waals surface area contributed by atoms with Crippen LogP contribution in [0.25, 0.3) is 0 Å². The molecular formula is C13H22N2OS. The molecule has 1 amide bonds. The predicted octanol–water partition coefficient (Wildman–Crippen LogP) is 1.76. The summed E-state index contributed by atoms with van der Waals surface area (Å²) in [7, 11) is 0. The van der Waals surface area contributed by atoms with E-state index < -0.39 is 5.54 Å². The van der Waals surface area contributed by atoms with E-state index in [2.05, 4.69) is 16.7 Å². The van der Waals surface area contributed by atoms with Crippen LogP contribution in [0.4, 0.5) is 0 Å². The minimum Gasteiger partial charge on any atom is -0.339 e. The summed E-state index contributed by atoms with van der Waals surface area (Å²) in [5.74, 6) is 1.32. The van der Waals surface area contributed by atoms with Gasteiger partial charge in [0, 0.05) is 23.6 Å². The minimum atomic E-state index is -0.474. The summed E-state index contributed by atoms with van der Waals surface area (Å²) < 4.78 is 0.372. The fourth-order valence-electron chi connectivity index (χ4n) is 3.18. The first-order valence-corrected chi connectivity index (χ1v) is 7.85. The van der Waals surface area contributed by atoms with E-state index in [1.54, 1.807) is 0 Å². The van der Waals surface area contributed by atoms with Crippen molar-refractivity contribution in [2.45, 2.75) is 55.2 Å². The number of amides is 1. The highest BCUT2D eigenvalue weighted by atomic mass is 32.2. The summed E-state index contributed by atoms with van der Waals surface area (Å²) in [6.07, 6.45) is 8.41. The molecule has 1 heterocycles. The maximum absolute atomic E-state index is 12.3. The van der Waals surface area contributed by atoms with Crippen LogP contribution in [0, 0.1) is 0 Å². The van der Waals surface area contributed by atoms with Gasteiger partial charge in [-0.25, -0.2) is 0 Å². The van der Waals surface area contributed by atoms with Gasteiger partial charge in [-0.2, -0.15) is 11.8 Å². The summed E-state index contributed by atoms with van der Waals surface area (Å²) in [4.78, 5) is 14.4.